The highest BCUT2D eigenvalue weighted by Gasteiger charge is 2.11. The lowest BCUT2D eigenvalue weighted by Gasteiger charge is -2.11. The lowest BCUT2D eigenvalue weighted by atomic mass is 10.1. The summed E-state index contributed by atoms with van der Waals surface area (Å²) in [4.78, 5) is 24.6. The first-order valence-corrected chi connectivity index (χ1v) is 10.9. The second-order valence-corrected chi connectivity index (χ2v) is 8.17. The number of nitrogens with zero attached hydrogens (tertiary/aromatic N) is 1. The number of para-hydroxylation sites is 1. The number of aryl methyl sites for hydroxylation is 2. The van der Waals surface area contributed by atoms with E-state index < -0.39 is 5.91 Å². The van der Waals surface area contributed by atoms with E-state index in [-0.39, 0.29) is 18.1 Å². The first kappa shape index (κ1) is 23.8. The largest absolute Gasteiger partial charge is 0.483 e. The number of hydrogen-bond donors (Lipinski definition) is 2. The second kappa shape index (κ2) is 11.1. The fourth-order valence-electron chi connectivity index (χ4n) is 2.92. The Morgan fingerprint density at radius 2 is 1.73 bits per heavy atom. The molecule has 3 rings (SSSR count). The minimum atomic E-state index is -0.497. The molecule has 0 spiro atoms. The number of nitrogens with one attached hydrogen (secondary N) is 2. The van der Waals surface area contributed by atoms with E-state index in [9.17, 15) is 14.9 Å². The first-order chi connectivity index (χ1) is 15.9. The highest BCUT2D eigenvalue weighted by atomic mass is 79.9. The summed E-state index contributed by atoms with van der Waals surface area (Å²) in [5.41, 5.74) is 4.16. The molecule has 0 heterocycles. The number of ether oxygens (including phenoxy) is 1. The Kier molecular flexibility index (Phi) is 8.01. The van der Waals surface area contributed by atoms with E-state index in [0.29, 0.717) is 27.2 Å². The molecule has 166 valence electrons. The average molecular weight is 504 g/mol. The fraction of sp³-hybridized carbons (Fsp3) is 0.115. The van der Waals surface area contributed by atoms with Crippen LogP contribution in [0.25, 0.3) is 6.08 Å². The monoisotopic (exact) mass is 503 g/mol. The molecule has 0 saturated carbocycles. The topological polar surface area (TPSA) is 91.2 Å². The third-order valence-corrected chi connectivity index (χ3v) is 5.43. The van der Waals surface area contributed by atoms with E-state index in [0.717, 1.165) is 11.1 Å². The molecule has 7 heteroatoms. The van der Waals surface area contributed by atoms with Crippen molar-refractivity contribution in [3.8, 4) is 11.8 Å². The van der Waals surface area contributed by atoms with Crippen LogP contribution in [-0.4, -0.2) is 18.4 Å². The van der Waals surface area contributed by atoms with Gasteiger partial charge in [-0.25, -0.2) is 0 Å². The summed E-state index contributed by atoms with van der Waals surface area (Å²) in [6, 6.07) is 21.6. The van der Waals surface area contributed by atoms with Crippen molar-refractivity contribution >= 4 is 45.2 Å². The summed E-state index contributed by atoms with van der Waals surface area (Å²) in [5, 5.41) is 14.9. The zero-order valence-electron chi connectivity index (χ0n) is 18.2. The Bertz CT molecular complexity index is 1250. The molecule has 3 aromatic rings. The Labute approximate surface area is 201 Å². The predicted octanol–water partition coefficient (Wildman–Crippen LogP) is 5.63. The SMILES string of the molecule is Cc1ccc(NC(=O)COc2ccc(/C=C(\C#N)C(=O)Nc3ccccc3)cc2Br)cc1C. The molecule has 3 aromatic carbocycles. The van der Waals surface area contributed by atoms with Crippen molar-refractivity contribution in [1.29, 1.82) is 5.26 Å². The normalized spacial score (nSPS) is 10.8. The van der Waals surface area contributed by atoms with Gasteiger partial charge in [0, 0.05) is 11.4 Å². The maximum Gasteiger partial charge on any atom is 0.266 e. The smallest absolute Gasteiger partial charge is 0.266 e. The number of hydrogen-bond acceptors (Lipinski definition) is 4. The van der Waals surface area contributed by atoms with Gasteiger partial charge in [-0.05, 0) is 88.9 Å². The van der Waals surface area contributed by atoms with Gasteiger partial charge >= 0.3 is 0 Å². The van der Waals surface area contributed by atoms with Crippen LogP contribution < -0.4 is 15.4 Å². The Hall–Kier alpha value is -3.89. The van der Waals surface area contributed by atoms with Crippen molar-refractivity contribution in [2.45, 2.75) is 13.8 Å². The van der Waals surface area contributed by atoms with Crippen LogP contribution in [0.1, 0.15) is 16.7 Å². The average Bonchev–Trinajstić information content (AvgIpc) is 2.80. The molecule has 0 radical (unpaired) electrons. The molecule has 33 heavy (non-hydrogen) atoms. The molecule has 0 atom stereocenters. The van der Waals surface area contributed by atoms with Crippen LogP contribution in [-0.2, 0) is 9.59 Å². The number of nitriles is 1. The third kappa shape index (κ3) is 6.79. The number of carbonyl (C=O) groups excluding carboxylic acids is 2. The number of carbonyl (C=O) groups is 2. The second-order valence-electron chi connectivity index (χ2n) is 7.32. The van der Waals surface area contributed by atoms with Gasteiger partial charge < -0.3 is 15.4 Å². The lowest BCUT2D eigenvalue weighted by molar-refractivity contribution is -0.118. The van der Waals surface area contributed by atoms with Crippen molar-refractivity contribution in [3.63, 3.8) is 0 Å². The molecule has 0 unspecified atom stereocenters. The molecule has 2 amide bonds. The van der Waals surface area contributed by atoms with Gasteiger partial charge in [-0.1, -0.05) is 30.3 Å². The van der Waals surface area contributed by atoms with Crippen LogP contribution in [0.4, 0.5) is 11.4 Å². The summed E-state index contributed by atoms with van der Waals surface area (Å²) < 4.78 is 6.21. The summed E-state index contributed by atoms with van der Waals surface area (Å²) in [6.07, 6.45) is 1.49. The molecular weight excluding hydrogens is 482 g/mol. The van der Waals surface area contributed by atoms with Crippen LogP contribution in [0, 0.1) is 25.2 Å². The Morgan fingerprint density at radius 1 is 0.970 bits per heavy atom. The molecule has 2 N–H and O–H groups in total. The summed E-state index contributed by atoms with van der Waals surface area (Å²) >= 11 is 3.41. The van der Waals surface area contributed by atoms with Gasteiger partial charge in [0.15, 0.2) is 6.61 Å². The molecule has 0 saturated heterocycles. The maximum atomic E-state index is 12.4. The summed E-state index contributed by atoms with van der Waals surface area (Å²) in [7, 11) is 0. The number of rotatable bonds is 7. The van der Waals surface area contributed by atoms with Gasteiger partial charge in [0.2, 0.25) is 0 Å². The van der Waals surface area contributed by atoms with E-state index >= 15 is 0 Å². The van der Waals surface area contributed by atoms with E-state index in [1.54, 1.807) is 42.5 Å². The van der Waals surface area contributed by atoms with E-state index in [1.807, 2.05) is 44.2 Å². The van der Waals surface area contributed by atoms with Crippen molar-refractivity contribution in [1.82, 2.24) is 0 Å². The quantitative estimate of drug-likeness (QED) is 0.322. The number of benzene rings is 3. The molecule has 0 aliphatic carbocycles. The highest BCUT2D eigenvalue weighted by molar-refractivity contribution is 9.10. The van der Waals surface area contributed by atoms with Gasteiger partial charge in [-0.15, -0.1) is 0 Å². The summed E-state index contributed by atoms with van der Waals surface area (Å²) in [6.45, 7) is 3.83. The van der Waals surface area contributed by atoms with Crippen molar-refractivity contribution in [3.05, 3.63) is 93.5 Å². The predicted molar refractivity (Wildman–Crippen MR) is 133 cm³/mol. The zero-order chi connectivity index (χ0) is 23.8. The molecule has 0 aliphatic heterocycles. The molecular formula is C26H22BrN3O3. The lowest BCUT2D eigenvalue weighted by Crippen LogP contribution is -2.20. The van der Waals surface area contributed by atoms with Crippen molar-refractivity contribution in [2.24, 2.45) is 0 Å². The zero-order valence-corrected chi connectivity index (χ0v) is 19.8. The minimum absolute atomic E-state index is 0.0350. The van der Waals surface area contributed by atoms with Crippen LogP contribution in [0.3, 0.4) is 0 Å². The molecule has 0 aromatic heterocycles. The summed E-state index contributed by atoms with van der Waals surface area (Å²) in [5.74, 6) is -0.309. The number of halogens is 1. The fourth-order valence-corrected chi connectivity index (χ4v) is 3.43. The van der Waals surface area contributed by atoms with E-state index in [2.05, 4.69) is 26.6 Å². The van der Waals surface area contributed by atoms with E-state index in [4.69, 9.17) is 4.74 Å². The molecule has 0 bridgehead atoms. The van der Waals surface area contributed by atoms with Gasteiger partial charge in [0.1, 0.15) is 17.4 Å². The third-order valence-electron chi connectivity index (χ3n) is 4.81. The highest BCUT2D eigenvalue weighted by Crippen LogP contribution is 2.27. The van der Waals surface area contributed by atoms with Gasteiger partial charge in [-0.2, -0.15) is 5.26 Å². The maximum absolute atomic E-state index is 12.4. The standard InChI is InChI=1S/C26H22BrN3O3/c1-17-8-10-22(12-18(17)2)29-25(31)16-33-24-11-9-19(14-23(24)27)13-20(15-28)26(32)30-21-6-4-3-5-7-21/h3-14H,16H2,1-2H3,(H,29,31)(H,30,32)/b20-13+. The van der Waals surface area contributed by atoms with Gasteiger partial charge in [-0.3, -0.25) is 9.59 Å². The van der Waals surface area contributed by atoms with Crippen LogP contribution in [0.5, 0.6) is 5.75 Å². The van der Waals surface area contributed by atoms with Gasteiger partial charge in [0.05, 0.1) is 4.47 Å². The van der Waals surface area contributed by atoms with Crippen LogP contribution >= 0.6 is 15.9 Å². The Morgan fingerprint density at radius 3 is 2.39 bits per heavy atom. The number of amides is 2. The van der Waals surface area contributed by atoms with E-state index in [1.165, 1.54) is 6.08 Å². The van der Waals surface area contributed by atoms with Crippen molar-refractivity contribution < 1.29 is 14.3 Å². The van der Waals surface area contributed by atoms with Gasteiger partial charge in [0.25, 0.3) is 11.8 Å². The van der Waals surface area contributed by atoms with Crippen molar-refractivity contribution in [2.75, 3.05) is 17.2 Å². The molecule has 0 aliphatic rings. The number of anilines is 2. The van der Waals surface area contributed by atoms with Crippen LogP contribution in [0.2, 0.25) is 0 Å². The van der Waals surface area contributed by atoms with Crippen LogP contribution in [0.15, 0.2) is 76.8 Å². The Balaban J connectivity index is 1.62. The minimum Gasteiger partial charge on any atom is -0.483 e. The molecule has 0 fully saturated rings. The first-order valence-electron chi connectivity index (χ1n) is 10.1. The molecule has 6 nitrogen and oxygen atoms in total.